The summed E-state index contributed by atoms with van der Waals surface area (Å²) in [6.45, 7) is 7.15. The van der Waals surface area contributed by atoms with Crippen LogP contribution in [0.4, 0.5) is 5.82 Å². The van der Waals surface area contributed by atoms with Crippen LogP contribution in [-0.2, 0) is 0 Å². The highest BCUT2D eigenvalue weighted by atomic mass is 16.5. The first-order valence-corrected chi connectivity index (χ1v) is 8.77. The third-order valence-electron chi connectivity index (χ3n) is 4.31. The van der Waals surface area contributed by atoms with E-state index in [4.69, 9.17) is 9.47 Å². The van der Waals surface area contributed by atoms with E-state index in [2.05, 4.69) is 14.9 Å². The Morgan fingerprint density at radius 1 is 1.12 bits per heavy atom. The number of anilines is 1. The van der Waals surface area contributed by atoms with Gasteiger partial charge < -0.3 is 19.3 Å². The fraction of sp³-hybridized carbons (Fsp3) is 0.421. The van der Waals surface area contributed by atoms with Gasteiger partial charge in [-0.25, -0.2) is 4.98 Å². The van der Waals surface area contributed by atoms with E-state index >= 15 is 0 Å². The highest BCUT2D eigenvalue weighted by molar-refractivity contribution is 5.94. The molecule has 7 heteroatoms. The van der Waals surface area contributed by atoms with E-state index in [-0.39, 0.29) is 5.91 Å². The molecule has 3 rings (SSSR count). The van der Waals surface area contributed by atoms with Crippen molar-refractivity contribution in [2.75, 3.05) is 44.8 Å². The van der Waals surface area contributed by atoms with Crippen LogP contribution < -0.4 is 14.4 Å². The number of rotatable bonds is 5. The average molecular weight is 356 g/mol. The van der Waals surface area contributed by atoms with Crippen LogP contribution in [0.5, 0.6) is 11.6 Å². The van der Waals surface area contributed by atoms with E-state index in [1.54, 1.807) is 7.11 Å². The van der Waals surface area contributed by atoms with Crippen LogP contribution in [0.2, 0.25) is 0 Å². The maximum atomic E-state index is 12.7. The number of hydrogen-bond donors (Lipinski definition) is 0. The van der Waals surface area contributed by atoms with E-state index in [0.717, 1.165) is 24.7 Å². The maximum Gasteiger partial charge on any atom is 0.253 e. The summed E-state index contributed by atoms with van der Waals surface area (Å²) in [5.74, 6) is 2.89. The summed E-state index contributed by atoms with van der Waals surface area (Å²) in [6.07, 6.45) is 0. The monoisotopic (exact) mass is 356 g/mol. The predicted molar refractivity (Wildman–Crippen MR) is 99.0 cm³/mol. The Balaban J connectivity index is 1.62. The molecule has 0 unspecified atom stereocenters. The molecule has 1 aliphatic rings. The van der Waals surface area contributed by atoms with Crippen molar-refractivity contribution < 1.29 is 14.3 Å². The number of benzene rings is 1. The van der Waals surface area contributed by atoms with Gasteiger partial charge in [0.05, 0.1) is 13.7 Å². The summed E-state index contributed by atoms with van der Waals surface area (Å²) < 4.78 is 10.6. The van der Waals surface area contributed by atoms with Crippen molar-refractivity contribution >= 4 is 11.7 Å². The summed E-state index contributed by atoms with van der Waals surface area (Å²) in [5, 5.41) is 0. The van der Waals surface area contributed by atoms with Crippen molar-refractivity contribution in [2.45, 2.75) is 13.8 Å². The molecule has 0 bridgehead atoms. The van der Waals surface area contributed by atoms with Gasteiger partial charge in [-0.2, -0.15) is 4.98 Å². The van der Waals surface area contributed by atoms with Crippen molar-refractivity contribution in [2.24, 2.45) is 0 Å². The Morgan fingerprint density at radius 3 is 2.42 bits per heavy atom. The number of piperazine rings is 1. The molecule has 0 saturated carbocycles. The number of methoxy groups -OCH3 is 1. The SMILES string of the molecule is CCOc1ccc(C(=O)N2CCN(c3cc(OC)nc(C)n3)CC2)cc1. The van der Waals surface area contributed by atoms with E-state index in [9.17, 15) is 4.79 Å². The van der Waals surface area contributed by atoms with Gasteiger partial charge in [-0.15, -0.1) is 0 Å². The van der Waals surface area contributed by atoms with Crippen LogP contribution >= 0.6 is 0 Å². The summed E-state index contributed by atoms with van der Waals surface area (Å²) >= 11 is 0. The first-order valence-electron chi connectivity index (χ1n) is 8.77. The summed E-state index contributed by atoms with van der Waals surface area (Å²) in [5.41, 5.74) is 0.682. The number of amides is 1. The van der Waals surface area contributed by atoms with Gasteiger partial charge in [-0.3, -0.25) is 4.79 Å². The van der Waals surface area contributed by atoms with Crippen molar-refractivity contribution in [3.05, 3.63) is 41.7 Å². The van der Waals surface area contributed by atoms with Gasteiger partial charge in [0.1, 0.15) is 17.4 Å². The molecular formula is C19H24N4O3. The molecule has 0 radical (unpaired) electrons. The van der Waals surface area contributed by atoms with E-state index in [1.165, 1.54) is 0 Å². The third kappa shape index (κ3) is 4.04. The molecule has 2 aromatic rings. The maximum absolute atomic E-state index is 12.7. The summed E-state index contributed by atoms with van der Waals surface area (Å²) in [7, 11) is 1.60. The van der Waals surface area contributed by atoms with Gasteiger partial charge in [0, 0.05) is 37.8 Å². The van der Waals surface area contributed by atoms with Crippen LogP contribution in [0.3, 0.4) is 0 Å². The molecule has 1 amide bonds. The number of carbonyl (C=O) groups is 1. The molecular weight excluding hydrogens is 332 g/mol. The number of ether oxygens (including phenoxy) is 2. The van der Waals surface area contributed by atoms with Crippen LogP contribution in [0.25, 0.3) is 0 Å². The van der Waals surface area contributed by atoms with Gasteiger partial charge in [-0.05, 0) is 38.1 Å². The molecule has 1 aliphatic heterocycles. The van der Waals surface area contributed by atoms with Gasteiger partial charge >= 0.3 is 0 Å². The lowest BCUT2D eigenvalue weighted by molar-refractivity contribution is 0.0746. The zero-order chi connectivity index (χ0) is 18.5. The average Bonchev–Trinajstić information content (AvgIpc) is 2.68. The Kier molecular flexibility index (Phi) is 5.55. The molecule has 0 N–H and O–H groups in total. The minimum absolute atomic E-state index is 0.0455. The second-order valence-corrected chi connectivity index (χ2v) is 6.05. The van der Waals surface area contributed by atoms with E-state index in [1.807, 2.05) is 49.1 Å². The van der Waals surface area contributed by atoms with Crippen LogP contribution in [0.1, 0.15) is 23.1 Å². The number of aromatic nitrogens is 2. The summed E-state index contributed by atoms with van der Waals surface area (Å²) in [6, 6.07) is 9.14. The number of nitrogens with zero attached hydrogens (tertiary/aromatic N) is 4. The zero-order valence-electron chi connectivity index (χ0n) is 15.4. The molecule has 2 heterocycles. The first-order chi connectivity index (χ1) is 12.6. The Bertz CT molecular complexity index is 756. The second kappa shape index (κ2) is 8.03. The van der Waals surface area contributed by atoms with E-state index < -0.39 is 0 Å². The largest absolute Gasteiger partial charge is 0.494 e. The van der Waals surface area contributed by atoms with Crippen LogP contribution in [0.15, 0.2) is 30.3 Å². The molecule has 138 valence electrons. The number of carbonyl (C=O) groups excluding carboxylic acids is 1. The number of aryl methyl sites for hydroxylation is 1. The Morgan fingerprint density at radius 2 is 1.81 bits per heavy atom. The molecule has 1 fully saturated rings. The van der Waals surface area contributed by atoms with Gasteiger partial charge in [0.2, 0.25) is 5.88 Å². The minimum atomic E-state index is 0.0455. The van der Waals surface area contributed by atoms with Crippen LogP contribution in [0, 0.1) is 6.92 Å². The molecule has 1 aromatic heterocycles. The van der Waals surface area contributed by atoms with Gasteiger partial charge in [0.25, 0.3) is 5.91 Å². The minimum Gasteiger partial charge on any atom is -0.494 e. The third-order valence-corrected chi connectivity index (χ3v) is 4.31. The lowest BCUT2D eigenvalue weighted by atomic mass is 10.1. The normalized spacial score (nSPS) is 14.3. The van der Waals surface area contributed by atoms with Crippen molar-refractivity contribution in [3.8, 4) is 11.6 Å². The highest BCUT2D eigenvalue weighted by Crippen LogP contribution is 2.20. The lowest BCUT2D eigenvalue weighted by Gasteiger charge is -2.35. The molecule has 26 heavy (non-hydrogen) atoms. The number of hydrogen-bond acceptors (Lipinski definition) is 6. The molecule has 0 spiro atoms. The lowest BCUT2D eigenvalue weighted by Crippen LogP contribution is -2.49. The first kappa shape index (κ1) is 18.0. The fourth-order valence-electron chi connectivity index (χ4n) is 2.97. The zero-order valence-corrected chi connectivity index (χ0v) is 15.4. The standard InChI is InChI=1S/C19H24N4O3/c1-4-26-16-7-5-15(6-8-16)19(24)23-11-9-22(10-12-23)17-13-18(25-3)21-14(2)20-17/h5-8,13H,4,9-12H2,1-3H3. The molecule has 1 saturated heterocycles. The van der Waals surface area contributed by atoms with Gasteiger partial charge in [-0.1, -0.05) is 0 Å². The van der Waals surface area contributed by atoms with Crippen molar-refractivity contribution in [3.63, 3.8) is 0 Å². The smallest absolute Gasteiger partial charge is 0.253 e. The topological polar surface area (TPSA) is 67.8 Å². The van der Waals surface area contributed by atoms with Gasteiger partial charge in [0.15, 0.2) is 0 Å². The molecule has 7 nitrogen and oxygen atoms in total. The van der Waals surface area contributed by atoms with Crippen molar-refractivity contribution in [1.82, 2.24) is 14.9 Å². The molecule has 0 aliphatic carbocycles. The fourth-order valence-corrected chi connectivity index (χ4v) is 2.97. The Labute approximate surface area is 153 Å². The van der Waals surface area contributed by atoms with Crippen LogP contribution in [-0.4, -0.2) is 60.7 Å². The molecule has 1 aromatic carbocycles. The summed E-state index contributed by atoms with van der Waals surface area (Å²) in [4.78, 5) is 25.4. The second-order valence-electron chi connectivity index (χ2n) is 6.05. The predicted octanol–water partition coefficient (Wildman–Crippen LogP) is 2.15. The van der Waals surface area contributed by atoms with Crippen molar-refractivity contribution in [1.29, 1.82) is 0 Å². The molecule has 0 atom stereocenters. The van der Waals surface area contributed by atoms with E-state index in [0.29, 0.717) is 37.0 Å². The highest BCUT2D eigenvalue weighted by Gasteiger charge is 2.23. The quantitative estimate of drug-likeness (QED) is 0.818. The Hall–Kier alpha value is -2.83.